The van der Waals surface area contributed by atoms with Crippen molar-refractivity contribution in [3.63, 3.8) is 0 Å². The van der Waals surface area contributed by atoms with Gasteiger partial charge in [-0.1, -0.05) is 17.7 Å². The van der Waals surface area contributed by atoms with Crippen LogP contribution >= 0.6 is 11.6 Å². The Morgan fingerprint density at radius 3 is 2.74 bits per heavy atom. The molecular formula is C12H11ClN2O3S. The molecule has 19 heavy (non-hydrogen) atoms. The molecular weight excluding hydrogens is 288 g/mol. The van der Waals surface area contributed by atoms with Crippen LogP contribution < -0.4 is 9.46 Å². The minimum absolute atomic E-state index is 0.0913. The Morgan fingerprint density at radius 2 is 2.05 bits per heavy atom. The normalized spacial score (nSPS) is 11.1. The first-order chi connectivity index (χ1) is 9.01. The largest absolute Gasteiger partial charge is 0.497 e. The molecule has 0 bridgehead atoms. The number of aromatic nitrogens is 1. The second kappa shape index (κ2) is 5.46. The molecule has 0 aliphatic carbocycles. The molecule has 0 spiro atoms. The number of sulfonamides is 1. The highest BCUT2D eigenvalue weighted by molar-refractivity contribution is 7.92. The predicted octanol–water partition coefficient (Wildman–Crippen LogP) is 2.54. The van der Waals surface area contributed by atoms with E-state index in [4.69, 9.17) is 16.3 Å². The monoisotopic (exact) mass is 298 g/mol. The standard InChI is InChI=1S/C12H11ClN2O3S/c1-18-10-3-2-4-11(8-10)19(16,17)15-12-7-9(13)5-6-14-12/h2-8H,1H3,(H,14,15). The van der Waals surface area contributed by atoms with Crippen molar-refractivity contribution in [1.82, 2.24) is 4.98 Å². The Morgan fingerprint density at radius 1 is 1.26 bits per heavy atom. The van der Waals surface area contributed by atoms with Gasteiger partial charge in [0, 0.05) is 23.4 Å². The molecule has 0 radical (unpaired) electrons. The summed E-state index contributed by atoms with van der Waals surface area (Å²) in [6.45, 7) is 0. The average Bonchev–Trinajstić information content (AvgIpc) is 2.38. The second-order valence-corrected chi connectivity index (χ2v) is 5.76. The summed E-state index contributed by atoms with van der Waals surface area (Å²) >= 11 is 5.77. The van der Waals surface area contributed by atoms with Gasteiger partial charge in [-0.05, 0) is 18.2 Å². The number of hydrogen-bond acceptors (Lipinski definition) is 4. The summed E-state index contributed by atoms with van der Waals surface area (Å²) in [6.07, 6.45) is 1.42. The lowest BCUT2D eigenvalue weighted by molar-refractivity contribution is 0.413. The van der Waals surface area contributed by atoms with Crippen molar-refractivity contribution in [2.24, 2.45) is 0 Å². The average molecular weight is 299 g/mol. The summed E-state index contributed by atoms with van der Waals surface area (Å²) in [4.78, 5) is 3.98. The van der Waals surface area contributed by atoms with E-state index in [9.17, 15) is 8.42 Å². The molecule has 0 atom stereocenters. The number of methoxy groups -OCH3 is 1. The van der Waals surface area contributed by atoms with Gasteiger partial charge in [0.1, 0.15) is 11.6 Å². The van der Waals surface area contributed by atoms with Crippen LogP contribution in [0.25, 0.3) is 0 Å². The van der Waals surface area contributed by atoms with E-state index in [1.165, 1.54) is 31.5 Å². The zero-order valence-corrected chi connectivity index (χ0v) is 11.6. The lowest BCUT2D eigenvalue weighted by atomic mass is 10.3. The summed E-state index contributed by atoms with van der Waals surface area (Å²) in [5, 5.41) is 0.401. The van der Waals surface area contributed by atoms with Crippen molar-refractivity contribution < 1.29 is 13.2 Å². The molecule has 0 fully saturated rings. The van der Waals surface area contributed by atoms with Crippen LogP contribution in [0.4, 0.5) is 5.82 Å². The van der Waals surface area contributed by atoms with Crippen molar-refractivity contribution in [2.45, 2.75) is 4.90 Å². The molecule has 0 unspecified atom stereocenters. The van der Waals surface area contributed by atoms with Crippen molar-refractivity contribution in [2.75, 3.05) is 11.8 Å². The Bertz CT molecular complexity index is 689. The van der Waals surface area contributed by atoms with Crippen LogP contribution in [0.15, 0.2) is 47.5 Å². The number of nitrogens with zero attached hydrogens (tertiary/aromatic N) is 1. The molecule has 0 saturated carbocycles. The molecule has 0 saturated heterocycles. The number of halogens is 1. The maximum absolute atomic E-state index is 12.1. The second-order valence-electron chi connectivity index (χ2n) is 3.64. The molecule has 100 valence electrons. The summed E-state index contributed by atoms with van der Waals surface area (Å²) < 4.78 is 31.6. The Hall–Kier alpha value is -1.79. The molecule has 0 aliphatic heterocycles. The van der Waals surface area contributed by atoms with Crippen molar-refractivity contribution >= 4 is 27.4 Å². The van der Waals surface area contributed by atoms with Crippen molar-refractivity contribution in [1.29, 1.82) is 0 Å². The maximum atomic E-state index is 12.1. The number of benzene rings is 1. The van der Waals surface area contributed by atoms with Crippen molar-refractivity contribution in [3.05, 3.63) is 47.6 Å². The Balaban J connectivity index is 2.32. The minimum Gasteiger partial charge on any atom is -0.497 e. The highest BCUT2D eigenvalue weighted by Gasteiger charge is 2.15. The molecule has 5 nitrogen and oxygen atoms in total. The summed E-state index contributed by atoms with van der Waals surface area (Å²) in [7, 11) is -2.24. The summed E-state index contributed by atoms with van der Waals surface area (Å²) in [6, 6.07) is 9.14. The van der Waals surface area contributed by atoms with Gasteiger partial charge in [-0.15, -0.1) is 0 Å². The van der Waals surface area contributed by atoms with Crippen LogP contribution in [0.5, 0.6) is 5.75 Å². The third kappa shape index (κ3) is 3.36. The predicted molar refractivity (Wildman–Crippen MR) is 73.0 cm³/mol. The Kier molecular flexibility index (Phi) is 3.92. The van der Waals surface area contributed by atoms with Gasteiger partial charge in [-0.3, -0.25) is 4.72 Å². The molecule has 1 aromatic carbocycles. The number of ether oxygens (including phenoxy) is 1. The Labute approximate surface area is 116 Å². The van der Waals surface area contributed by atoms with Gasteiger partial charge in [0.25, 0.3) is 10.0 Å². The fourth-order valence-corrected chi connectivity index (χ4v) is 2.62. The smallest absolute Gasteiger partial charge is 0.263 e. The van der Waals surface area contributed by atoms with E-state index in [-0.39, 0.29) is 10.7 Å². The van der Waals surface area contributed by atoms with E-state index < -0.39 is 10.0 Å². The van der Waals surface area contributed by atoms with E-state index >= 15 is 0 Å². The van der Waals surface area contributed by atoms with Gasteiger partial charge in [0.2, 0.25) is 0 Å². The molecule has 1 N–H and O–H groups in total. The van der Waals surface area contributed by atoms with E-state index in [0.717, 1.165) is 0 Å². The van der Waals surface area contributed by atoms with E-state index in [1.54, 1.807) is 18.2 Å². The number of nitrogens with one attached hydrogen (secondary N) is 1. The quantitative estimate of drug-likeness (QED) is 0.942. The maximum Gasteiger partial charge on any atom is 0.263 e. The van der Waals surface area contributed by atoms with Crippen LogP contribution in [0.1, 0.15) is 0 Å². The highest BCUT2D eigenvalue weighted by atomic mass is 35.5. The zero-order chi connectivity index (χ0) is 13.9. The fraction of sp³-hybridized carbons (Fsp3) is 0.0833. The number of hydrogen-bond donors (Lipinski definition) is 1. The van der Waals surface area contributed by atoms with Gasteiger partial charge >= 0.3 is 0 Å². The van der Waals surface area contributed by atoms with Gasteiger partial charge < -0.3 is 4.74 Å². The number of anilines is 1. The van der Waals surface area contributed by atoms with Crippen LogP contribution in [0.2, 0.25) is 5.02 Å². The van der Waals surface area contributed by atoms with Crippen LogP contribution in [-0.2, 0) is 10.0 Å². The molecule has 2 aromatic rings. The molecule has 1 aromatic heterocycles. The first-order valence-electron chi connectivity index (χ1n) is 5.30. The van der Waals surface area contributed by atoms with Gasteiger partial charge in [0.15, 0.2) is 0 Å². The number of pyridine rings is 1. The molecule has 0 amide bonds. The number of rotatable bonds is 4. The molecule has 0 aliphatic rings. The van der Waals surface area contributed by atoms with Crippen molar-refractivity contribution in [3.8, 4) is 5.75 Å². The van der Waals surface area contributed by atoms with Crippen LogP contribution in [0.3, 0.4) is 0 Å². The van der Waals surface area contributed by atoms with Gasteiger partial charge in [-0.2, -0.15) is 0 Å². The van der Waals surface area contributed by atoms with Crippen LogP contribution in [0, 0.1) is 0 Å². The first-order valence-corrected chi connectivity index (χ1v) is 7.16. The topological polar surface area (TPSA) is 68.3 Å². The minimum atomic E-state index is -3.71. The van der Waals surface area contributed by atoms with Gasteiger partial charge in [0.05, 0.1) is 12.0 Å². The first kappa shape index (κ1) is 13.6. The van der Waals surface area contributed by atoms with Gasteiger partial charge in [-0.25, -0.2) is 13.4 Å². The molecule has 1 heterocycles. The van der Waals surface area contributed by atoms with Crippen LogP contribution in [-0.4, -0.2) is 20.5 Å². The fourth-order valence-electron chi connectivity index (χ4n) is 1.43. The molecule has 7 heteroatoms. The lowest BCUT2D eigenvalue weighted by Crippen LogP contribution is -2.13. The summed E-state index contributed by atoms with van der Waals surface area (Å²) in [5.74, 6) is 0.622. The zero-order valence-electron chi connectivity index (χ0n) is 10.00. The van der Waals surface area contributed by atoms with E-state index in [0.29, 0.717) is 10.8 Å². The summed E-state index contributed by atoms with van der Waals surface area (Å²) in [5.41, 5.74) is 0. The molecule has 2 rings (SSSR count). The lowest BCUT2D eigenvalue weighted by Gasteiger charge is -2.08. The highest BCUT2D eigenvalue weighted by Crippen LogP contribution is 2.20. The SMILES string of the molecule is COc1cccc(S(=O)(=O)Nc2cc(Cl)ccn2)c1. The third-order valence-electron chi connectivity index (χ3n) is 2.31. The third-order valence-corrected chi connectivity index (χ3v) is 3.90. The van der Waals surface area contributed by atoms with E-state index in [2.05, 4.69) is 9.71 Å². The van der Waals surface area contributed by atoms with E-state index in [1.807, 2.05) is 0 Å².